The highest BCUT2D eigenvalue weighted by Gasteiger charge is 2.43. The molecule has 2 aliphatic heterocycles. The number of hydrogen-bond donors (Lipinski definition) is 2. The maximum Gasteiger partial charge on any atom is 0.158 e. The predicted molar refractivity (Wildman–Crippen MR) is 88.2 cm³/mol. The lowest BCUT2D eigenvalue weighted by Crippen LogP contribution is -2.39. The van der Waals surface area contributed by atoms with Gasteiger partial charge in [-0.25, -0.2) is 0 Å². The summed E-state index contributed by atoms with van der Waals surface area (Å²) in [4.78, 5) is 0. The molecule has 0 aliphatic carbocycles. The molecule has 23 heavy (non-hydrogen) atoms. The van der Waals surface area contributed by atoms with Crippen LogP contribution in [0.4, 0.5) is 0 Å². The third-order valence-electron chi connectivity index (χ3n) is 4.87. The standard InChI is InChI=1S/C18H34O5/c1-2-3-4-5-6-7-8-9-10-11-16-21-13-15(23-16)18-17(20)14(19)12-22-18/h14-20H,2-13H2,1H3/t14?,15?,16?,17-,18+/m0/s1. The summed E-state index contributed by atoms with van der Waals surface area (Å²) >= 11 is 0. The molecular weight excluding hydrogens is 296 g/mol. The van der Waals surface area contributed by atoms with Crippen molar-refractivity contribution in [2.24, 2.45) is 0 Å². The molecule has 0 aromatic carbocycles. The van der Waals surface area contributed by atoms with Crippen molar-refractivity contribution in [3.8, 4) is 0 Å². The first-order valence-corrected chi connectivity index (χ1v) is 9.47. The molecule has 2 N–H and O–H groups in total. The molecule has 2 fully saturated rings. The van der Waals surface area contributed by atoms with Crippen LogP contribution in [0, 0.1) is 0 Å². The number of aliphatic hydroxyl groups is 2. The van der Waals surface area contributed by atoms with Crippen LogP contribution in [0.5, 0.6) is 0 Å². The summed E-state index contributed by atoms with van der Waals surface area (Å²) in [5.41, 5.74) is 0. The van der Waals surface area contributed by atoms with Crippen molar-refractivity contribution in [3.63, 3.8) is 0 Å². The smallest absolute Gasteiger partial charge is 0.158 e. The molecule has 0 aromatic heterocycles. The van der Waals surface area contributed by atoms with Gasteiger partial charge < -0.3 is 24.4 Å². The first kappa shape index (κ1) is 19.1. The van der Waals surface area contributed by atoms with E-state index in [1.54, 1.807) is 0 Å². The van der Waals surface area contributed by atoms with E-state index in [0.717, 1.165) is 12.8 Å². The number of rotatable bonds is 11. The van der Waals surface area contributed by atoms with Crippen molar-refractivity contribution in [2.45, 2.75) is 102 Å². The van der Waals surface area contributed by atoms with Gasteiger partial charge in [0.1, 0.15) is 24.4 Å². The van der Waals surface area contributed by atoms with E-state index >= 15 is 0 Å². The van der Waals surface area contributed by atoms with E-state index in [2.05, 4.69) is 6.92 Å². The second-order valence-corrected chi connectivity index (χ2v) is 6.91. The minimum absolute atomic E-state index is 0.175. The Bertz CT molecular complexity index is 312. The maximum atomic E-state index is 9.84. The third-order valence-corrected chi connectivity index (χ3v) is 4.87. The Morgan fingerprint density at radius 3 is 2.09 bits per heavy atom. The zero-order valence-corrected chi connectivity index (χ0v) is 14.5. The summed E-state index contributed by atoms with van der Waals surface area (Å²) in [7, 11) is 0. The summed E-state index contributed by atoms with van der Waals surface area (Å²) in [5.74, 6) is 0. The van der Waals surface area contributed by atoms with Crippen LogP contribution in [-0.2, 0) is 14.2 Å². The fourth-order valence-corrected chi connectivity index (χ4v) is 3.37. The zero-order chi connectivity index (χ0) is 16.5. The minimum atomic E-state index is -0.866. The van der Waals surface area contributed by atoms with Gasteiger partial charge in [-0.3, -0.25) is 0 Å². The van der Waals surface area contributed by atoms with E-state index in [1.807, 2.05) is 0 Å². The van der Waals surface area contributed by atoms with E-state index in [9.17, 15) is 10.2 Å². The van der Waals surface area contributed by atoms with Gasteiger partial charge in [-0.05, 0) is 12.8 Å². The fourth-order valence-electron chi connectivity index (χ4n) is 3.37. The van der Waals surface area contributed by atoms with Crippen molar-refractivity contribution < 1.29 is 24.4 Å². The van der Waals surface area contributed by atoms with Gasteiger partial charge in [0.2, 0.25) is 0 Å². The quantitative estimate of drug-likeness (QED) is 0.570. The molecule has 0 bridgehead atoms. The van der Waals surface area contributed by atoms with Gasteiger partial charge >= 0.3 is 0 Å². The van der Waals surface area contributed by atoms with E-state index in [4.69, 9.17) is 14.2 Å². The SMILES string of the molecule is CCCCCCCCCCCC1OCC([C@H]2OCC(O)[C@@H]2O)O1. The van der Waals surface area contributed by atoms with Crippen LogP contribution in [0.1, 0.15) is 71.1 Å². The highest BCUT2D eigenvalue weighted by molar-refractivity contribution is 4.90. The van der Waals surface area contributed by atoms with Crippen LogP contribution in [0.15, 0.2) is 0 Å². The molecule has 2 saturated heterocycles. The van der Waals surface area contributed by atoms with Gasteiger partial charge in [0, 0.05) is 0 Å². The van der Waals surface area contributed by atoms with E-state index < -0.39 is 18.3 Å². The van der Waals surface area contributed by atoms with Crippen molar-refractivity contribution >= 4 is 0 Å². The largest absolute Gasteiger partial charge is 0.388 e. The lowest BCUT2D eigenvalue weighted by Gasteiger charge is -2.20. The topological polar surface area (TPSA) is 68.2 Å². The van der Waals surface area contributed by atoms with Gasteiger partial charge in [-0.2, -0.15) is 0 Å². The Kier molecular flexibility index (Phi) is 8.83. The van der Waals surface area contributed by atoms with E-state index in [1.165, 1.54) is 51.4 Å². The molecule has 3 unspecified atom stereocenters. The summed E-state index contributed by atoms with van der Waals surface area (Å²) in [6.07, 6.45) is 10.1. The Hall–Kier alpha value is -0.200. The van der Waals surface area contributed by atoms with Gasteiger partial charge in [-0.1, -0.05) is 58.3 Å². The number of ether oxygens (including phenoxy) is 3. The van der Waals surface area contributed by atoms with Crippen LogP contribution in [0.25, 0.3) is 0 Å². The molecule has 5 heteroatoms. The summed E-state index contributed by atoms with van der Waals surface area (Å²) in [5, 5.41) is 19.4. The molecular formula is C18H34O5. The van der Waals surface area contributed by atoms with Gasteiger partial charge in [0.25, 0.3) is 0 Å². The monoisotopic (exact) mass is 330 g/mol. The van der Waals surface area contributed by atoms with Crippen LogP contribution < -0.4 is 0 Å². The average Bonchev–Trinajstić information content (AvgIpc) is 3.13. The molecule has 2 heterocycles. The van der Waals surface area contributed by atoms with Crippen molar-refractivity contribution in [3.05, 3.63) is 0 Å². The molecule has 2 aliphatic rings. The first-order valence-electron chi connectivity index (χ1n) is 9.47. The number of hydrogen-bond acceptors (Lipinski definition) is 5. The Balaban J connectivity index is 1.47. The average molecular weight is 330 g/mol. The molecule has 0 aromatic rings. The fraction of sp³-hybridized carbons (Fsp3) is 1.00. The number of aliphatic hydroxyl groups excluding tert-OH is 2. The second kappa shape index (κ2) is 10.6. The highest BCUT2D eigenvalue weighted by atomic mass is 16.7. The molecule has 0 spiro atoms. The van der Waals surface area contributed by atoms with Crippen LogP contribution in [-0.4, -0.2) is 54.1 Å². The summed E-state index contributed by atoms with van der Waals surface area (Å²) in [6, 6.07) is 0. The third kappa shape index (κ3) is 6.31. The lowest BCUT2D eigenvalue weighted by atomic mass is 10.1. The Labute approximate surface area is 140 Å². The Morgan fingerprint density at radius 2 is 1.48 bits per heavy atom. The molecule has 136 valence electrons. The van der Waals surface area contributed by atoms with Gasteiger partial charge in [-0.15, -0.1) is 0 Å². The van der Waals surface area contributed by atoms with E-state index in [-0.39, 0.29) is 19.0 Å². The second-order valence-electron chi connectivity index (χ2n) is 6.91. The van der Waals surface area contributed by atoms with Crippen molar-refractivity contribution in [1.82, 2.24) is 0 Å². The summed E-state index contributed by atoms with van der Waals surface area (Å²) in [6.45, 7) is 2.87. The maximum absolute atomic E-state index is 9.84. The molecule has 5 atom stereocenters. The lowest BCUT2D eigenvalue weighted by molar-refractivity contribution is -0.103. The molecule has 0 amide bonds. The first-order chi connectivity index (χ1) is 11.2. The van der Waals surface area contributed by atoms with E-state index in [0.29, 0.717) is 6.61 Å². The van der Waals surface area contributed by atoms with Crippen LogP contribution >= 0.6 is 0 Å². The van der Waals surface area contributed by atoms with Crippen molar-refractivity contribution in [1.29, 1.82) is 0 Å². The van der Waals surface area contributed by atoms with Crippen molar-refractivity contribution in [2.75, 3.05) is 13.2 Å². The highest BCUT2D eigenvalue weighted by Crippen LogP contribution is 2.26. The molecule has 0 radical (unpaired) electrons. The van der Waals surface area contributed by atoms with Gasteiger partial charge in [0.05, 0.1) is 13.2 Å². The zero-order valence-electron chi connectivity index (χ0n) is 14.5. The molecule has 0 saturated carbocycles. The molecule has 2 rings (SSSR count). The van der Waals surface area contributed by atoms with Crippen LogP contribution in [0.3, 0.4) is 0 Å². The minimum Gasteiger partial charge on any atom is -0.388 e. The summed E-state index contributed by atoms with van der Waals surface area (Å²) < 4.78 is 16.9. The molecule has 5 nitrogen and oxygen atoms in total. The normalized spacial score (nSPS) is 34.3. The Morgan fingerprint density at radius 1 is 0.826 bits per heavy atom. The van der Waals surface area contributed by atoms with Gasteiger partial charge in [0.15, 0.2) is 6.29 Å². The van der Waals surface area contributed by atoms with Crippen LogP contribution in [0.2, 0.25) is 0 Å². The predicted octanol–water partition coefficient (Wildman–Crippen LogP) is 2.77. The number of unbranched alkanes of at least 4 members (excludes halogenated alkanes) is 8.